The predicted molar refractivity (Wildman–Crippen MR) is 156 cm³/mol. The molecule has 0 saturated carbocycles. The summed E-state index contributed by atoms with van der Waals surface area (Å²) >= 11 is 0. The van der Waals surface area contributed by atoms with Gasteiger partial charge in [0.15, 0.2) is 0 Å². The van der Waals surface area contributed by atoms with E-state index in [0.717, 1.165) is 27.8 Å². The zero-order valence-electron chi connectivity index (χ0n) is 23.8. The van der Waals surface area contributed by atoms with Crippen LogP contribution in [0.15, 0.2) is 78.9 Å². The lowest BCUT2D eigenvalue weighted by molar-refractivity contribution is -0.155. The Bertz CT molecular complexity index is 1310. The maximum Gasteiger partial charge on any atom is 0.407 e. The van der Waals surface area contributed by atoms with E-state index in [-0.39, 0.29) is 32.0 Å². The third-order valence-corrected chi connectivity index (χ3v) is 6.90. The second-order valence-electron chi connectivity index (χ2n) is 11.2. The Morgan fingerprint density at radius 3 is 2.02 bits per heavy atom. The number of alkyl carbamates (subject to hydrolysis) is 1. The lowest BCUT2D eigenvalue weighted by atomic mass is 9.98. The second kappa shape index (κ2) is 13.5. The van der Waals surface area contributed by atoms with E-state index in [4.69, 9.17) is 9.47 Å². The normalized spacial score (nSPS) is 13.9. The summed E-state index contributed by atoms with van der Waals surface area (Å²) in [5, 5.41) is 15.4. The van der Waals surface area contributed by atoms with Crippen LogP contribution in [0.3, 0.4) is 0 Å². The van der Waals surface area contributed by atoms with E-state index in [1.54, 1.807) is 20.8 Å². The first-order chi connectivity index (χ1) is 19.6. The number of ether oxygens (including phenoxy) is 2. The van der Waals surface area contributed by atoms with Gasteiger partial charge in [0, 0.05) is 12.3 Å². The quantitative estimate of drug-likeness (QED) is 0.293. The number of nitrogens with one attached hydrogen (secondary N) is 2. The molecule has 8 nitrogen and oxygen atoms in total. The first-order valence-corrected chi connectivity index (χ1v) is 13.9. The molecule has 8 heteroatoms. The number of esters is 1. The molecule has 1 aliphatic carbocycles. The number of amides is 2. The molecule has 216 valence electrons. The van der Waals surface area contributed by atoms with Gasteiger partial charge < -0.3 is 25.2 Å². The number of aliphatic hydroxyl groups is 1. The molecule has 3 aromatic carbocycles. The Morgan fingerprint density at radius 2 is 1.44 bits per heavy atom. The van der Waals surface area contributed by atoms with Crippen molar-refractivity contribution in [2.75, 3.05) is 13.2 Å². The molecule has 4 rings (SSSR count). The first-order valence-electron chi connectivity index (χ1n) is 13.9. The van der Waals surface area contributed by atoms with Crippen LogP contribution >= 0.6 is 0 Å². The maximum absolute atomic E-state index is 13.3. The summed E-state index contributed by atoms with van der Waals surface area (Å²) in [6.45, 7) is 5.09. The summed E-state index contributed by atoms with van der Waals surface area (Å²) in [5.41, 5.74) is 4.65. The average Bonchev–Trinajstić information content (AvgIpc) is 3.27. The number of fused-ring (bicyclic) bond motifs is 3. The molecular weight excluding hydrogens is 520 g/mol. The molecular formula is C33H38N2O6. The van der Waals surface area contributed by atoms with Gasteiger partial charge in [-0.1, -0.05) is 78.9 Å². The smallest absolute Gasteiger partial charge is 0.407 e. The fraction of sp³-hybridized carbons (Fsp3) is 0.364. The molecule has 41 heavy (non-hydrogen) atoms. The van der Waals surface area contributed by atoms with Crippen molar-refractivity contribution in [3.63, 3.8) is 0 Å². The predicted octanol–water partition coefficient (Wildman–Crippen LogP) is 4.74. The molecule has 0 fully saturated rings. The van der Waals surface area contributed by atoms with Crippen molar-refractivity contribution in [2.24, 2.45) is 0 Å². The van der Waals surface area contributed by atoms with Crippen LogP contribution in [0.5, 0.6) is 0 Å². The van der Waals surface area contributed by atoms with E-state index in [9.17, 15) is 19.5 Å². The Hall–Kier alpha value is -4.17. The largest absolute Gasteiger partial charge is 0.460 e. The van der Waals surface area contributed by atoms with Crippen molar-refractivity contribution in [3.05, 3.63) is 95.6 Å². The highest BCUT2D eigenvalue weighted by Gasteiger charge is 2.30. The summed E-state index contributed by atoms with van der Waals surface area (Å²) in [4.78, 5) is 38.6. The van der Waals surface area contributed by atoms with Crippen LogP contribution in [0.4, 0.5) is 4.79 Å². The van der Waals surface area contributed by atoms with Crippen LogP contribution < -0.4 is 10.6 Å². The SMILES string of the molecule is CC(C)(C)OC(=O)CC[C@H](NC(=O)OCC1c2ccccc2-c2ccccc21)C(=O)N[C@H](CO)Cc1ccccc1. The van der Waals surface area contributed by atoms with Crippen molar-refractivity contribution < 1.29 is 29.0 Å². The summed E-state index contributed by atoms with van der Waals surface area (Å²) < 4.78 is 11.0. The first kappa shape index (κ1) is 29.8. The molecule has 0 unspecified atom stereocenters. The monoisotopic (exact) mass is 558 g/mol. The molecule has 2 amide bonds. The van der Waals surface area contributed by atoms with E-state index in [1.165, 1.54) is 0 Å². The van der Waals surface area contributed by atoms with Crippen molar-refractivity contribution in [3.8, 4) is 11.1 Å². The third kappa shape index (κ3) is 8.17. The van der Waals surface area contributed by atoms with E-state index in [2.05, 4.69) is 22.8 Å². The highest BCUT2D eigenvalue weighted by atomic mass is 16.6. The lowest BCUT2D eigenvalue weighted by Gasteiger charge is -2.24. The number of carbonyl (C=O) groups is 3. The molecule has 0 spiro atoms. The van der Waals surface area contributed by atoms with Crippen molar-refractivity contribution in [1.29, 1.82) is 0 Å². The highest BCUT2D eigenvalue weighted by molar-refractivity contribution is 5.86. The van der Waals surface area contributed by atoms with Crippen LogP contribution in [0.2, 0.25) is 0 Å². The van der Waals surface area contributed by atoms with Gasteiger partial charge in [0.2, 0.25) is 5.91 Å². The molecule has 0 radical (unpaired) electrons. The highest BCUT2D eigenvalue weighted by Crippen LogP contribution is 2.44. The van der Waals surface area contributed by atoms with Gasteiger partial charge in [-0.25, -0.2) is 4.79 Å². The zero-order valence-corrected chi connectivity index (χ0v) is 23.8. The van der Waals surface area contributed by atoms with Crippen LogP contribution in [0.1, 0.15) is 56.2 Å². The summed E-state index contributed by atoms with van der Waals surface area (Å²) in [5.74, 6) is -1.13. The fourth-order valence-electron chi connectivity index (χ4n) is 5.07. The van der Waals surface area contributed by atoms with Crippen LogP contribution in [-0.4, -0.2) is 54.0 Å². The van der Waals surface area contributed by atoms with E-state index < -0.39 is 35.7 Å². The molecule has 0 bridgehead atoms. The van der Waals surface area contributed by atoms with Gasteiger partial charge in [-0.15, -0.1) is 0 Å². The number of benzene rings is 3. The lowest BCUT2D eigenvalue weighted by Crippen LogP contribution is -2.51. The minimum absolute atomic E-state index is 0.00836. The molecule has 1 aliphatic rings. The van der Waals surface area contributed by atoms with Crippen LogP contribution in [0, 0.1) is 0 Å². The third-order valence-electron chi connectivity index (χ3n) is 6.90. The molecule has 0 aliphatic heterocycles. The van der Waals surface area contributed by atoms with E-state index >= 15 is 0 Å². The Kier molecular flexibility index (Phi) is 9.78. The summed E-state index contributed by atoms with van der Waals surface area (Å²) in [6, 6.07) is 23.9. The summed E-state index contributed by atoms with van der Waals surface area (Å²) in [7, 11) is 0. The Morgan fingerprint density at radius 1 is 0.854 bits per heavy atom. The number of carbonyl (C=O) groups excluding carboxylic acids is 3. The van der Waals surface area contributed by atoms with Crippen LogP contribution in [0.25, 0.3) is 11.1 Å². The van der Waals surface area contributed by atoms with Gasteiger partial charge in [0.25, 0.3) is 0 Å². The van der Waals surface area contributed by atoms with Gasteiger partial charge in [-0.05, 0) is 61.4 Å². The topological polar surface area (TPSA) is 114 Å². The van der Waals surface area contributed by atoms with Crippen molar-refractivity contribution in [1.82, 2.24) is 10.6 Å². The molecule has 3 N–H and O–H groups in total. The molecule has 2 atom stereocenters. The number of rotatable bonds is 11. The minimum Gasteiger partial charge on any atom is -0.460 e. The minimum atomic E-state index is -1.07. The van der Waals surface area contributed by atoms with Crippen molar-refractivity contribution >= 4 is 18.0 Å². The van der Waals surface area contributed by atoms with Crippen molar-refractivity contribution in [2.45, 2.75) is 63.6 Å². The Labute approximate surface area is 241 Å². The van der Waals surface area contributed by atoms with E-state index in [1.807, 2.05) is 66.7 Å². The zero-order chi connectivity index (χ0) is 29.4. The molecule has 0 saturated heterocycles. The average molecular weight is 559 g/mol. The van der Waals surface area contributed by atoms with Gasteiger partial charge >= 0.3 is 12.1 Å². The van der Waals surface area contributed by atoms with Gasteiger partial charge in [0.1, 0.15) is 18.2 Å². The Balaban J connectivity index is 1.42. The number of aliphatic hydroxyl groups excluding tert-OH is 1. The maximum atomic E-state index is 13.3. The second-order valence-corrected chi connectivity index (χ2v) is 11.2. The standard InChI is InChI=1S/C33H38N2O6/c1-33(2,3)41-30(37)18-17-29(31(38)34-23(20-36)19-22-11-5-4-6-12-22)35-32(39)40-21-28-26-15-9-7-13-24(26)25-14-8-10-16-27(25)28/h4-16,23,28-29,36H,17-21H2,1-3H3,(H,34,38)(H,35,39)/t23-,29-/m0/s1. The number of hydrogen-bond acceptors (Lipinski definition) is 6. The molecule has 0 heterocycles. The van der Waals surface area contributed by atoms with Gasteiger partial charge in [-0.2, -0.15) is 0 Å². The van der Waals surface area contributed by atoms with Gasteiger partial charge in [0.05, 0.1) is 12.6 Å². The van der Waals surface area contributed by atoms with E-state index in [0.29, 0.717) is 6.42 Å². The van der Waals surface area contributed by atoms with Gasteiger partial charge in [-0.3, -0.25) is 9.59 Å². The summed E-state index contributed by atoms with van der Waals surface area (Å²) in [6.07, 6.45) is -0.428. The number of hydrogen-bond donors (Lipinski definition) is 3. The molecule has 0 aromatic heterocycles. The molecule has 3 aromatic rings. The van der Waals surface area contributed by atoms with Crippen LogP contribution in [-0.2, 0) is 25.5 Å². The fourth-order valence-corrected chi connectivity index (χ4v) is 5.07.